The zero-order chi connectivity index (χ0) is 22.9. The number of aromatic nitrogens is 3. The molecule has 33 heavy (non-hydrogen) atoms. The van der Waals surface area contributed by atoms with Gasteiger partial charge in [0.1, 0.15) is 5.82 Å². The van der Waals surface area contributed by atoms with E-state index in [9.17, 15) is 9.18 Å². The predicted molar refractivity (Wildman–Crippen MR) is 123 cm³/mol. The smallest absolute Gasteiger partial charge is 0.236 e. The molecular weight excluding hydrogens is 421 g/mol. The zero-order valence-electron chi connectivity index (χ0n) is 18.9. The van der Waals surface area contributed by atoms with Gasteiger partial charge in [-0.1, -0.05) is 19.9 Å². The second kappa shape index (κ2) is 7.00. The van der Waals surface area contributed by atoms with Crippen LogP contribution in [0.4, 0.5) is 27.5 Å². The van der Waals surface area contributed by atoms with E-state index in [0.29, 0.717) is 31.3 Å². The van der Waals surface area contributed by atoms with Crippen LogP contribution < -0.4 is 15.5 Å². The van der Waals surface area contributed by atoms with Crippen LogP contribution in [0, 0.1) is 24.2 Å². The number of carbonyl (C=O) groups excluding carboxylic acids is 1. The van der Waals surface area contributed by atoms with Crippen molar-refractivity contribution in [2.45, 2.75) is 40.0 Å². The number of amides is 1. The highest BCUT2D eigenvalue weighted by molar-refractivity contribution is 5.81. The van der Waals surface area contributed by atoms with Gasteiger partial charge in [-0.05, 0) is 25.8 Å². The number of allylic oxidation sites excluding steroid dienone is 1. The van der Waals surface area contributed by atoms with Gasteiger partial charge in [-0.15, -0.1) is 0 Å². The summed E-state index contributed by atoms with van der Waals surface area (Å²) in [4.78, 5) is 30.2. The number of pyridine rings is 1. The van der Waals surface area contributed by atoms with E-state index in [1.165, 1.54) is 0 Å². The molecule has 2 aromatic heterocycles. The van der Waals surface area contributed by atoms with Crippen molar-refractivity contribution in [3.63, 3.8) is 0 Å². The summed E-state index contributed by atoms with van der Waals surface area (Å²) in [5.41, 5.74) is 4.75. The first-order chi connectivity index (χ1) is 15.8. The van der Waals surface area contributed by atoms with Gasteiger partial charge in [0.2, 0.25) is 17.8 Å². The number of anilines is 4. The van der Waals surface area contributed by atoms with Crippen LogP contribution in [0.15, 0.2) is 41.6 Å². The summed E-state index contributed by atoms with van der Waals surface area (Å²) in [6, 6.07) is 1.75. The average molecular weight is 448 g/mol. The Bertz CT molecular complexity index is 1260. The van der Waals surface area contributed by atoms with E-state index in [1.807, 2.05) is 11.8 Å². The Morgan fingerprint density at radius 2 is 2.00 bits per heavy atom. The standard InChI is InChI=1S/C24H26FN7O/c1-13-11-27-23-29-16-9-15(12-26-21(16)25)31-7-8-32-18(33)5-4-6-24(3)10-17(28-22(13)30-23)14(2)19(31)20(24)32/h9-12,14H,4-8H2,1-3H3,(H2,27,28,29,30). The van der Waals surface area contributed by atoms with E-state index in [0.717, 1.165) is 41.2 Å². The molecule has 2 atom stereocenters. The van der Waals surface area contributed by atoms with Crippen LogP contribution >= 0.6 is 0 Å². The van der Waals surface area contributed by atoms with Crippen molar-refractivity contribution in [3.05, 3.63) is 53.1 Å². The zero-order valence-corrected chi connectivity index (χ0v) is 18.9. The first kappa shape index (κ1) is 20.1. The van der Waals surface area contributed by atoms with Crippen LogP contribution in [-0.4, -0.2) is 38.8 Å². The van der Waals surface area contributed by atoms with Crippen molar-refractivity contribution in [1.29, 1.82) is 0 Å². The lowest BCUT2D eigenvalue weighted by Gasteiger charge is -2.49. The number of hydrogen-bond acceptors (Lipinski definition) is 7. The largest absolute Gasteiger partial charge is 0.343 e. The minimum absolute atomic E-state index is 0.0273. The number of hydrogen-bond donors (Lipinski definition) is 2. The van der Waals surface area contributed by atoms with Crippen molar-refractivity contribution in [2.75, 3.05) is 28.6 Å². The molecule has 2 aromatic rings. The fourth-order valence-electron chi connectivity index (χ4n) is 5.57. The quantitative estimate of drug-likeness (QED) is 0.589. The maximum atomic E-state index is 14.6. The number of nitrogens with one attached hydrogen (secondary N) is 2. The molecule has 2 N–H and O–H groups in total. The van der Waals surface area contributed by atoms with Gasteiger partial charge in [0.05, 0.1) is 23.3 Å². The molecule has 6 bridgehead atoms. The monoisotopic (exact) mass is 447 g/mol. The minimum atomic E-state index is -0.613. The second-order valence-corrected chi connectivity index (χ2v) is 9.53. The molecule has 4 aliphatic rings. The predicted octanol–water partition coefficient (Wildman–Crippen LogP) is 4.07. The van der Waals surface area contributed by atoms with Crippen molar-refractivity contribution < 1.29 is 9.18 Å². The molecule has 0 aromatic carbocycles. The molecule has 0 saturated carbocycles. The van der Waals surface area contributed by atoms with E-state index >= 15 is 0 Å². The molecule has 2 unspecified atom stereocenters. The van der Waals surface area contributed by atoms with Crippen molar-refractivity contribution in [3.8, 4) is 0 Å². The summed E-state index contributed by atoms with van der Waals surface area (Å²) < 4.78 is 14.6. The van der Waals surface area contributed by atoms with Crippen LogP contribution in [0.1, 0.15) is 38.7 Å². The lowest BCUT2D eigenvalue weighted by molar-refractivity contribution is -0.129. The van der Waals surface area contributed by atoms with E-state index in [1.54, 1.807) is 18.5 Å². The molecule has 170 valence electrons. The Morgan fingerprint density at radius 3 is 2.85 bits per heavy atom. The highest BCUT2D eigenvalue weighted by atomic mass is 19.1. The number of nitrogens with zero attached hydrogens (tertiary/aromatic N) is 5. The molecule has 5 heterocycles. The Hall–Kier alpha value is -3.49. The molecule has 1 fully saturated rings. The number of aryl methyl sites for hydroxylation is 1. The fourth-order valence-corrected chi connectivity index (χ4v) is 5.57. The van der Waals surface area contributed by atoms with Gasteiger partial charge in [0.25, 0.3) is 0 Å². The van der Waals surface area contributed by atoms with Crippen molar-refractivity contribution in [1.82, 2.24) is 19.9 Å². The van der Waals surface area contributed by atoms with E-state index < -0.39 is 5.95 Å². The molecule has 1 saturated heterocycles. The molecule has 0 spiro atoms. The lowest BCUT2D eigenvalue weighted by atomic mass is 9.73. The molecule has 8 nitrogen and oxygen atoms in total. The highest BCUT2D eigenvalue weighted by Gasteiger charge is 2.47. The third-order valence-corrected chi connectivity index (χ3v) is 7.25. The topological polar surface area (TPSA) is 86.3 Å². The molecule has 0 radical (unpaired) electrons. The Balaban J connectivity index is 1.64. The molecule has 9 heteroatoms. The summed E-state index contributed by atoms with van der Waals surface area (Å²) >= 11 is 0. The van der Waals surface area contributed by atoms with Gasteiger partial charge in [0.15, 0.2) is 0 Å². The van der Waals surface area contributed by atoms with Gasteiger partial charge in [0, 0.05) is 54.0 Å². The maximum Gasteiger partial charge on any atom is 0.236 e. The van der Waals surface area contributed by atoms with Gasteiger partial charge in [-0.25, -0.2) is 9.97 Å². The van der Waals surface area contributed by atoms with E-state index in [4.69, 9.17) is 0 Å². The summed E-state index contributed by atoms with van der Waals surface area (Å²) in [5.74, 6) is 0.517. The van der Waals surface area contributed by atoms with Crippen LogP contribution in [0.3, 0.4) is 0 Å². The van der Waals surface area contributed by atoms with Crippen LogP contribution in [0.25, 0.3) is 0 Å². The first-order valence-electron chi connectivity index (χ1n) is 11.4. The van der Waals surface area contributed by atoms with Gasteiger partial charge >= 0.3 is 0 Å². The normalized spacial score (nSPS) is 25.9. The highest BCUT2D eigenvalue weighted by Crippen LogP contribution is 2.51. The minimum Gasteiger partial charge on any atom is -0.343 e. The maximum absolute atomic E-state index is 14.6. The summed E-state index contributed by atoms with van der Waals surface area (Å²) in [6.07, 6.45) is 7.83. The van der Waals surface area contributed by atoms with Crippen LogP contribution in [0.5, 0.6) is 0 Å². The van der Waals surface area contributed by atoms with E-state index in [-0.39, 0.29) is 22.9 Å². The fraction of sp³-hybridized carbons (Fsp3) is 0.417. The van der Waals surface area contributed by atoms with Gasteiger partial charge < -0.3 is 20.4 Å². The molecule has 1 aliphatic carbocycles. The molecule has 6 rings (SSSR count). The molecule has 1 amide bonds. The summed E-state index contributed by atoms with van der Waals surface area (Å²) in [6.45, 7) is 7.51. The number of carbonyl (C=O) groups is 1. The number of rotatable bonds is 0. The van der Waals surface area contributed by atoms with Gasteiger partial charge in [-0.2, -0.15) is 9.37 Å². The number of fused-ring (bicyclic) bond motifs is 6. The molecule has 3 aliphatic heterocycles. The Morgan fingerprint density at radius 1 is 1.18 bits per heavy atom. The number of halogens is 1. The van der Waals surface area contributed by atoms with E-state index in [2.05, 4.69) is 50.4 Å². The SMILES string of the molecule is Cc1cnc2nc1NC1=CC3(C)CCCC(=O)N4CCN(C(=C43)C1C)c1cnc(F)c(c1)N2. The van der Waals surface area contributed by atoms with Gasteiger partial charge in [-0.3, -0.25) is 4.79 Å². The Kier molecular flexibility index (Phi) is 4.27. The molecular formula is C24H26FN7O. The summed E-state index contributed by atoms with van der Waals surface area (Å²) in [5, 5.41) is 6.54. The van der Waals surface area contributed by atoms with Crippen molar-refractivity contribution in [2.24, 2.45) is 11.3 Å². The summed E-state index contributed by atoms with van der Waals surface area (Å²) in [7, 11) is 0. The lowest BCUT2D eigenvalue weighted by Crippen LogP contribution is -2.51. The first-order valence-corrected chi connectivity index (χ1v) is 11.4. The second-order valence-electron chi connectivity index (χ2n) is 9.53. The van der Waals surface area contributed by atoms with Crippen molar-refractivity contribution >= 4 is 29.0 Å². The Labute approximate surface area is 191 Å². The van der Waals surface area contributed by atoms with Crippen LogP contribution in [0.2, 0.25) is 0 Å². The third-order valence-electron chi connectivity index (χ3n) is 7.25. The van der Waals surface area contributed by atoms with Crippen LogP contribution in [-0.2, 0) is 4.79 Å². The average Bonchev–Trinajstić information content (AvgIpc) is 2.91. The third kappa shape index (κ3) is 3.02.